The van der Waals surface area contributed by atoms with Gasteiger partial charge in [0.15, 0.2) is 0 Å². The van der Waals surface area contributed by atoms with Gasteiger partial charge in [0.2, 0.25) is 5.91 Å². The second-order valence-electron chi connectivity index (χ2n) is 7.08. The smallest absolute Gasteiger partial charge is 0.222 e. The van der Waals surface area contributed by atoms with E-state index in [0.29, 0.717) is 31.3 Å². The normalized spacial score (nSPS) is 24.0. The Kier molecular flexibility index (Phi) is 6.87. The Morgan fingerprint density at radius 3 is 2.64 bits per heavy atom. The van der Waals surface area contributed by atoms with Crippen molar-refractivity contribution in [3.63, 3.8) is 0 Å². The van der Waals surface area contributed by atoms with Gasteiger partial charge in [0.05, 0.1) is 5.75 Å². The predicted molar refractivity (Wildman–Crippen MR) is 98.4 cm³/mol. The Morgan fingerprint density at radius 1 is 1.28 bits per heavy atom. The Balaban J connectivity index is 0.00000225. The number of hydrogen-bond donors (Lipinski definition) is 1. The number of nitrogens with zero attached hydrogens (tertiary/aromatic N) is 3. The molecule has 0 aromatic carbocycles. The third-order valence-corrected chi connectivity index (χ3v) is 5.84. The summed E-state index contributed by atoms with van der Waals surface area (Å²) in [6.45, 7) is 2.79. The molecule has 1 saturated heterocycles. The Bertz CT molecular complexity index is 661. The molecule has 0 bridgehead atoms. The van der Waals surface area contributed by atoms with Crippen LogP contribution in [0.15, 0.2) is 18.5 Å². The van der Waals surface area contributed by atoms with E-state index in [4.69, 9.17) is 0 Å². The summed E-state index contributed by atoms with van der Waals surface area (Å²) in [6.07, 6.45) is 7.70. The van der Waals surface area contributed by atoms with E-state index in [1.165, 1.54) is 19.1 Å². The van der Waals surface area contributed by atoms with E-state index in [9.17, 15) is 13.2 Å². The second kappa shape index (κ2) is 8.51. The molecule has 7 nitrogen and oxygen atoms in total. The van der Waals surface area contributed by atoms with Gasteiger partial charge < -0.3 is 5.32 Å². The van der Waals surface area contributed by atoms with E-state index in [0.717, 1.165) is 13.1 Å². The first-order chi connectivity index (χ1) is 11.4. The number of sulfone groups is 1. The molecule has 2 fully saturated rings. The molecule has 1 amide bonds. The number of amides is 1. The number of rotatable bonds is 8. The highest BCUT2D eigenvalue weighted by Crippen LogP contribution is 2.41. The second-order valence-corrected chi connectivity index (χ2v) is 9.34. The molecular formula is C16H27ClN4O3S. The molecule has 2 heterocycles. The summed E-state index contributed by atoms with van der Waals surface area (Å²) in [5.41, 5.74) is 0. The van der Waals surface area contributed by atoms with Gasteiger partial charge in [-0.3, -0.25) is 14.4 Å². The standard InChI is InChI=1S/C16H26N4O3S.ClH/c1-24(22,23)10-9-19-11-14(13-3-4-13)15(12-19)18-16(21)5-8-20-7-2-6-17-20;/h2,6-7,13-15H,3-5,8-12H2,1H3,(H,18,21);1H/t14-,15+;/m1./s1. The SMILES string of the molecule is CS(=O)(=O)CCN1C[C@H](NC(=O)CCn2cccn2)[C@@H](C2CC2)C1.Cl. The minimum Gasteiger partial charge on any atom is -0.352 e. The van der Waals surface area contributed by atoms with Crippen molar-refractivity contribution in [3.05, 3.63) is 18.5 Å². The summed E-state index contributed by atoms with van der Waals surface area (Å²) in [6, 6.07) is 1.99. The highest BCUT2D eigenvalue weighted by Gasteiger charge is 2.42. The maximum Gasteiger partial charge on any atom is 0.222 e. The van der Waals surface area contributed by atoms with Crippen LogP contribution in [0.4, 0.5) is 0 Å². The first-order valence-electron chi connectivity index (χ1n) is 8.57. The van der Waals surface area contributed by atoms with Crippen LogP contribution >= 0.6 is 12.4 Å². The van der Waals surface area contributed by atoms with E-state index >= 15 is 0 Å². The van der Waals surface area contributed by atoms with Crippen LogP contribution in [0, 0.1) is 11.8 Å². The monoisotopic (exact) mass is 390 g/mol. The molecule has 3 rings (SSSR count). The Hall–Kier alpha value is -1.12. The van der Waals surface area contributed by atoms with Gasteiger partial charge in [-0.25, -0.2) is 8.42 Å². The quantitative estimate of drug-likeness (QED) is 0.701. The average Bonchev–Trinajstić information content (AvgIpc) is 3.07. The van der Waals surface area contributed by atoms with Gasteiger partial charge in [0, 0.05) is 57.3 Å². The van der Waals surface area contributed by atoms with Gasteiger partial charge in [-0.2, -0.15) is 5.10 Å². The number of nitrogens with one attached hydrogen (secondary N) is 1. The molecule has 0 spiro atoms. The summed E-state index contributed by atoms with van der Waals surface area (Å²) in [5.74, 6) is 1.37. The van der Waals surface area contributed by atoms with Gasteiger partial charge in [-0.15, -0.1) is 12.4 Å². The summed E-state index contributed by atoms with van der Waals surface area (Å²) >= 11 is 0. The van der Waals surface area contributed by atoms with Crippen molar-refractivity contribution < 1.29 is 13.2 Å². The molecule has 1 aliphatic carbocycles. The van der Waals surface area contributed by atoms with Crippen molar-refractivity contribution in [2.45, 2.75) is 31.8 Å². The van der Waals surface area contributed by atoms with Gasteiger partial charge in [0.25, 0.3) is 0 Å². The Morgan fingerprint density at radius 2 is 2.04 bits per heavy atom. The Labute approximate surface area is 155 Å². The topological polar surface area (TPSA) is 84.3 Å². The molecule has 25 heavy (non-hydrogen) atoms. The van der Waals surface area contributed by atoms with E-state index in [1.807, 2.05) is 12.3 Å². The van der Waals surface area contributed by atoms with Crippen molar-refractivity contribution in [1.82, 2.24) is 20.0 Å². The van der Waals surface area contributed by atoms with Crippen molar-refractivity contribution in [2.24, 2.45) is 11.8 Å². The first kappa shape index (κ1) is 20.2. The molecule has 1 aromatic rings. The van der Waals surface area contributed by atoms with Crippen LogP contribution in [0.25, 0.3) is 0 Å². The lowest BCUT2D eigenvalue weighted by atomic mass is 9.98. The molecule has 2 atom stereocenters. The van der Waals surface area contributed by atoms with Crippen molar-refractivity contribution >= 4 is 28.2 Å². The maximum absolute atomic E-state index is 12.2. The predicted octanol–water partition coefficient (Wildman–Crippen LogP) is 0.566. The van der Waals surface area contributed by atoms with Crippen molar-refractivity contribution in [1.29, 1.82) is 0 Å². The van der Waals surface area contributed by atoms with E-state index < -0.39 is 9.84 Å². The number of aromatic nitrogens is 2. The fourth-order valence-corrected chi connectivity index (χ4v) is 4.06. The number of carbonyl (C=O) groups is 1. The van der Waals surface area contributed by atoms with Crippen LogP contribution < -0.4 is 5.32 Å². The lowest BCUT2D eigenvalue weighted by molar-refractivity contribution is -0.122. The summed E-state index contributed by atoms with van der Waals surface area (Å²) in [7, 11) is -2.95. The number of hydrogen-bond acceptors (Lipinski definition) is 5. The minimum absolute atomic E-state index is 0. The van der Waals surface area contributed by atoms with Crippen LogP contribution in [0.5, 0.6) is 0 Å². The number of likely N-dealkylation sites (tertiary alicyclic amines) is 1. The van der Waals surface area contributed by atoms with E-state index in [-0.39, 0.29) is 30.1 Å². The van der Waals surface area contributed by atoms with Crippen molar-refractivity contribution in [2.75, 3.05) is 31.6 Å². The van der Waals surface area contributed by atoms with E-state index in [1.54, 1.807) is 10.9 Å². The zero-order valence-corrected chi connectivity index (χ0v) is 16.1. The molecule has 0 radical (unpaired) electrons. The molecule has 0 unspecified atom stereocenters. The first-order valence-corrected chi connectivity index (χ1v) is 10.6. The van der Waals surface area contributed by atoms with Crippen LogP contribution in [0.3, 0.4) is 0 Å². The molecule has 1 aliphatic heterocycles. The molecule has 142 valence electrons. The summed E-state index contributed by atoms with van der Waals surface area (Å²) in [5, 5.41) is 7.27. The van der Waals surface area contributed by atoms with Crippen molar-refractivity contribution in [3.8, 4) is 0 Å². The third kappa shape index (κ3) is 6.27. The molecular weight excluding hydrogens is 364 g/mol. The summed E-state index contributed by atoms with van der Waals surface area (Å²) in [4.78, 5) is 14.4. The maximum atomic E-state index is 12.2. The molecule has 2 aliphatic rings. The van der Waals surface area contributed by atoms with Gasteiger partial charge in [0.1, 0.15) is 9.84 Å². The van der Waals surface area contributed by atoms with Gasteiger partial charge in [-0.1, -0.05) is 0 Å². The highest BCUT2D eigenvalue weighted by molar-refractivity contribution is 7.90. The fourth-order valence-electron chi connectivity index (χ4n) is 3.47. The molecule has 1 aromatic heterocycles. The zero-order chi connectivity index (χ0) is 17.2. The van der Waals surface area contributed by atoms with Gasteiger partial charge in [-0.05, 0) is 30.7 Å². The van der Waals surface area contributed by atoms with Crippen LogP contribution in [0.2, 0.25) is 0 Å². The van der Waals surface area contributed by atoms with Crippen LogP contribution in [-0.4, -0.2) is 66.7 Å². The third-order valence-electron chi connectivity index (χ3n) is 4.92. The fraction of sp³-hybridized carbons (Fsp3) is 0.750. The van der Waals surface area contributed by atoms with Gasteiger partial charge >= 0.3 is 0 Å². The molecule has 1 saturated carbocycles. The van der Waals surface area contributed by atoms with Crippen LogP contribution in [0.1, 0.15) is 19.3 Å². The minimum atomic E-state index is -2.95. The average molecular weight is 391 g/mol. The molecule has 9 heteroatoms. The summed E-state index contributed by atoms with van der Waals surface area (Å²) < 4.78 is 24.5. The number of aryl methyl sites for hydroxylation is 1. The number of halogens is 1. The van der Waals surface area contributed by atoms with E-state index in [2.05, 4.69) is 15.3 Å². The largest absolute Gasteiger partial charge is 0.352 e. The number of carbonyl (C=O) groups excluding carboxylic acids is 1. The molecule has 1 N–H and O–H groups in total. The zero-order valence-electron chi connectivity index (χ0n) is 14.5. The lowest BCUT2D eigenvalue weighted by Gasteiger charge is -2.19. The van der Waals surface area contributed by atoms with Crippen LogP contribution in [-0.2, 0) is 21.2 Å². The lowest BCUT2D eigenvalue weighted by Crippen LogP contribution is -2.41. The highest BCUT2D eigenvalue weighted by atomic mass is 35.5.